The van der Waals surface area contributed by atoms with Crippen LogP contribution < -0.4 is 9.47 Å². The molecule has 0 bridgehead atoms. The van der Waals surface area contributed by atoms with E-state index in [9.17, 15) is 0 Å². The van der Waals surface area contributed by atoms with Gasteiger partial charge in [-0.15, -0.1) is 10.2 Å². The summed E-state index contributed by atoms with van der Waals surface area (Å²) in [5.41, 5.74) is 10.1. The molecular formula is C32H32N6O2. The van der Waals surface area contributed by atoms with E-state index < -0.39 is 0 Å². The van der Waals surface area contributed by atoms with Gasteiger partial charge in [-0.1, -0.05) is 24.3 Å². The number of benzene rings is 2. The summed E-state index contributed by atoms with van der Waals surface area (Å²) in [5, 5.41) is 10.4. The molecule has 0 saturated heterocycles. The second kappa shape index (κ2) is 9.05. The van der Waals surface area contributed by atoms with Gasteiger partial charge < -0.3 is 18.6 Å². The molecule has 6 heterocycles. The number of aryl methyl sites for hydroxylation is 4. The van der Waals surface area contributed by atoms with Crippen LogP contribution in [0.1, 0.15) is 36.8 Å². The molecule has 8 heteroatoms. The maximum atomic E-state index is 5.39. The lowest BCUT2D eigenvalue weighted by Gasteiger charge is -2.09. The molecule has 8 rings (SSSR count). The fourth-order valence-electron chi connectivity index (χ4n) is 6.71. The molecule has 202 valence electrons. The van der Waals surface area contributed by atoms with E-state index in [0.717, 1.165) is 74.8 Å². The SMILES string of the molecule is COc1ccc(-c2cn3nc(-c4nn5cc(-c6ccc(OC)cc6)c6c5n4CCCC6)n4c3c2CCCC4)cc1. The highest BCUT2D eigenvalue weighted by Gasteiger charge is 2.28. The van der Waals surface area contributed by atoms with Crippen LogP contribution in [0, 0.1) is 0 Å². The maximum absolute atomic E-state index is 5.39. The normalized spacial score (nSPS) is 14.9. The predicted octanol–water partition coefficient (Wildman–Crippen LogP) is 6.28. The fraction of sp³-hybridized carbons (Fsp3) is 0.312. The molecule has 0 atom stereocenters. The zero-order chi connectivity index (χ0) is 26.8. The van der Waals surface area contributed by atoms with E-state index in [4.69, 9.17) is 19.7 Å². The summed E-state index contributed by atoms with van der Waals surface area (Å²) in [6, 6.07) is 16.7. The number of aromatic nitrogens is 6. The van der Waals surface area contributed by atoms with Gasteiger partial charge in [-0.3, -0.25) is 0 Å². The van der Waals surface area contributed by atoms with E-state index in [1.807, 2.05) is 24.3 Å². The number of nitrogens with zero attached hydrogens (tertiary/aromatic N) is 6. The summed E-state index contributed by atoms with van der Waals surface area (Å²) >= 11 is 0. The molecule has 4 aromatic heterocycles. The van der Waals surface area contributed by atoms with Crippen LogP contribution in [0.5, 0.6) is 11.5 Å². The van der Waals surface area contributed by atoms with Crippen LogP contribution >= 0.6 is 0 Å². The Bertz CT molecular complexity index is 1730. The third-order valence-electron chi connectivity index (χ3n) is 8.67. The molecule has 6 aromatic rings. The first kappa shape index (κ1) is 23.4. The number of hydrogen-bond acceptors (Lipinski definition) is 4. The van der Waals surface area contributed by atoms with Crippen molar-refractivity contribution in [3.05, 3.63) is 72.1 Å². The van der Waals surface area contributed by atoms with Gasteiger partial charge in [0.05, 0.1) is 14.2 Å². The third kappa shape index (κ3) is 3.44. The Balaban J connectivity index is 1.28. The summed E-state index contributed by atoms with van der Waals surface area (Å²) in [5.74, 6) is 3.67. The summed E-state index contributed by atoms with van der Waals surface area (Å²) in [6.07, 6.45) is 11.1. The number of methoxy groups -OCH3 is 2. The molecule has 2 aliphatic rings. The smallest absolute Gasteiger partial charge is 0.200 e. The molecule has 0 spiro atoms. The van der Waals surface area contributed by atoms with Gasteiger partial charge in [0.15, 0.2) is 11.6 Å². The van der Waals surface area contributed by atoms with Crippen LogP contribution in [0.25, 0.3) is 45.2 Å². The van der Waals surface area contributed by atoms with E-state index in [1.165, 1.54) is 44.7 Å². The summed E-state index contributed by atoms with van der Waals surface area (Å²) in [6.45, 7) is 1.90. The second-order valence-electron chi connectivity index (χ2n) is 10.9. The summed E-state index contributed by atoms with van der Waals surface area (Å²) in [7, 11) is 3.42. The van der Waals surface area contributed by atoms with Crippen molar-refractivity contribution in [1.29, 1.82) is 0 Å². The molecule has 0 amide bonds. The Labute approximate surface area is 232 Å². The van der Waals surface area contributed by atoms with Gasteiger partial charge in [-0.05, 0) is 73.9 Å². The molecule has 8 nitrogen and oxygen atoms in total. The van der Waals surface area contributed by atoms with Crippen molar-refractivity contribution < 1.29 is 9.47 Å². The van der Waals surface area contributed by atoms with E-state index in [-0.39, 0.29) is 0 Å². The van der Waals surface area contributed by atoms with Crippen molar-refractivity contribution >= 4 is 11.3 Å². The Kier molecular flexibility index (Phi) is 5.30. The van der Waals surface area contributed by atoms with Crippen LogP contribution in [-0.2, 0) is 25.9 Å². The van der Waals surface area contributed by atoms with E-state index in [2.05, 4.69) is 54.8 Å². The highest BCUT2D eigenvalue weighted by Crippen LogP contribution is 2.38. The van der Waals surface area contributed by atoms with Gasteiger partial charge in [0.25, 0.3) is 0 Å². The zero-order valence-corrected chi connectivity index (χ0v) is 22.9. The van der Waals surface area contributed by atoms with Crippen LogP contribution in [0.2, 0.25) is 0 Å². The quantitative estimate of drug-likeness (QED) is 0.262. The second-order valence-corrected chi connectivity index (χ2v) is 10.9. The molecule has 0 unspecified atom stereocenters. The molecule has 40 heavy (non-hydrogen) atoms. The van der Waals surface area contributed by atoms with Crippen molar-refractivity contribution in [3.8, 4) is 45.4 Å². The van der Waals surface area contributed by atoms with Gasteiger partial charge in [0.2, 0.25) is 0 Å². The van der Waals surface area contributed by atoms with E-state index in [1.54, 1.807) is 14.2 Å². The van der Waals surface area contributed by atoms with Crippen LogP contribution in [0.4, 0.5) is 0 Å². The zero-order valence-electron chi connectivity index (χ0n) is 22.9. The van der Waals surface area contributed by atoms with Crippen LogP contribution in [-0.4, -0.2) is 42.6 Å². The minimum Gasteiger partial charge on any atom is -0.497 e. The minimum atomic E-state index is 0.874. The Morgan fingerprint density at radius 2 is 1.00 bits per heavy atom. The lowest BCUT2D eigenvalue weighted by atomic mass is 10.0. The van der Waals surface area contributed by atoms with E-state index >= 15 is 0 Å². The first-order chi connectivity index (χ1) is 19.7. The van der Waals surface area contributed by atoms with Crippen molar-refractivity contribution in [1.82, 2.24) is 28.4 Å². The highest BCUT2D eigenvalue weighted by atomic mass is 16.5. The van der Waals surface area contributed by atoms with Gasteiger partial charge in [0, 0.05) is 47.7 Å². The molecule has 2 aromatic carbocycles. The Morgan fingerprint density at radius 1 is 0.575 bits per heavy atom. The molecule has 0 N–H and O–H groups in total. The number of rotatable bonds is 5. The first-order valence-electron chi connectivity index (χ1n) is 14.2. The molecule has 0 saturated carbocycles. The van der Waals surface area contributed by atoms with Crippen molar-refractivity contribution in [3.63, 3.8) is 0 Å². The van der Waals surface area contributed by atoms with Gasteiger partial charge in [-0.25, -0.2) is 9.03 Å². The average Bonchev–Trinajstić information content (AvgIpc) is 3.62. The fourth-order valence-corrected chi connectivity index (χ4v) is 6.71. The Hall–Kier alpha value is -4.46. The lowest BCUT2D eigenvalue weighted by molar-refractivity contribution is 0.415. The lowest BCUT2D eigenvalue weighted by Crippen LogP contribution is -2.06. The predicted molar refractivity (Wildman–Crippen MR) is 155 cm³/mol. The molecule has 0 radical (unpaired) electrons. The molecular weight excluding hydrogens is 500 g/mol. The minimum absolute atomic E-state index is 0.874. The van der Waals surface area contributed by atoms with Crippen molar-refractivity contribution in [2.75, 3.05) is 14.2 Å². The first-order valence-corrected chi connectivity index (χ1v) is 14.2. The van der Waals surface area contributed by atoms with Crippen molar-refractivity contribution in [2.45, 2.75) is 51.6 Å². The average molecular weight is 533 g/mol. The van der Waals surface area contributed by atoms with Crippen LogP contribution in [0.15, 0.2) is 60.9 Å². The summed E-state index contributed by atoms with van der Waals surface area (Å²) < 4.78 is 19.8. The van der Waals surface area contributed by atoms with Gasteiger partial charge in [0.1, 0.15) is 22.8 Å². The van der Waals surface area contributed by atoms with Crippen LogP contribution in [0.3, 0.4) is 0 Å². The largest absolute Gasteiger partial charge is 0.497 e. The molecule has 0 aliphatic carbocycles. The Morgan fingerprint density at radius 3 is 1.40 bits per heavy atom. The molecule has 2 aliphatic heterocycles. The number of hydrogen-bond donors (Lipinski definition) is 0. The van der Waals surface area contributed by atoms with Gasteiger partial charge >= 0.3 is 0 Å². The highest BCUT2D eigenvalue weighted by molar-refractivity contribution is 5.79. The summed E-state index contributed by atoms with van der Waals surface area (Å²) in [4.78, 5) is 0. The maximum Gasteiger partial charge on any atom is 0.200 e. The van der Waals surface area contributed by atoms with Gasteiger partial charge in [-0.2, -0.15) is 0 Å². The monoisotopic (exact) mass is 532 g/mol. The molecule has 0 fully saturated rings. The standard InChI is InChI=1S/C32H32N6O2/c1-39-23-13-9-21(10-14-23)27-19-37-31-25(27)7-3-5-17-35(31)29(33-37)30-34-38-20-28(22-11-15-24(40-2)16-12-22)26-8-4-6-18-36(30)32(26)38/h9-16,19-20H,3-8,17-18H2,1-2H3. The van der Waals surface area contributed by atoms with Crippen molar-refractivity contribution in [2.24, 2.45) is 0 Å². The topological polar surface area (TPSA) is 62.9 Å². The van der Waals surface area contributed by atoms with E-state index in [0.29, 0.717) is 0 Å². The number of ether oxygens (including phenoxy) is 2. The third-order valence-corrected chi connectivity index (χ3v) is 8.67.